The first kappa shape index (κ1) is 9.84. The van der Waals surface area contributed by atoms with Gasteiger partial charge in [-0.25, -0.2) is 0 Å². The van der Waals surface area contributed by atoms with Crippen LogP contribution >= 0.6 is 11.8 Å². The van der Waals surface area contributed by atoms with Gasteiger partial charge in [0.1, 0.15) is 5.40 Å². The van der Waals surface area contributed by atoms with E-state index < -0.39 is 0 Å². The van der Waals surface area contributed by atoms with Gasteiger partial charge in [0.05, 0.1) is 0 Å². The summed E-state index contributed by atoms with van der Waals surface area (Å²) in [5.74, 6) is 1.77. The molecule has 0 N–H and O–H groups in total. The zero-order valence-electron chi connectivity index (χ0n) is 6.76. The summed E-state index contributed by atoms with van der Waals surface area (Å²) < 4.78 is 0. The molecule has 2 heteroatoms. The van der Waals surface area contributed by atoms with Crippen LogP contribution < -0.4 is 0 Å². The van der Waals surface area contributed by atoms with E-state index >= 15 is 0 Å². The number of hydrogen-bond acceptors (Lipinski definition) is 2. The smallest absolute Gasteiger partial charge is 0.133 e. The summed E-state index contributed by atoms with van der Waals surface area (Å²) in [5.41, 5.74) is 0. The van der Waals surface area contributed by atoms with Crippen LogP contribution in [0.1, 0.15) is 33.1 Å². The fourth-order valence-electron chi connectivity index (χ4n) is 0.969. The quantitative estimate of drug-likeness (QED) is 0.573. The lowest BCUT2D eigenvalue weighted by Gasteiger charge is -2.09. The van der Waals surface area contributed by atoms with Gasteiger partial charge in [-0.05, 0) is 24.1 Å². The molecule has 0 aliphatic rings. The lowest BCUT2D eigenvalue weighted by atomic mass is 10.0. The molecule has 1 atom stereocenters. The number of thioether (sulfide) groups is 1. The molecule has 0 heterocycles. The van der Waals surface area contributed by atoms with Gasteiger partial charge in [-0.3, -0.25) is 0 Å². The molecule has 0 rings (SSSR count). The summed E-state index contributed by atoms with van der Waals surface area (Å²) in [6.07, 6.45) is 3.72. The predicted molar refractivity (Wildman–Crippen MR) is 46.8 cm³/mol. The number of rotatable bonds is 5. The molecule has 0 spiro atoms. The molecule has 0 saturated carbocycles. The molecule has 0 aliphatic carbocycles. The van der Waals surface area contributed by atoms with Crippen LogP contribution in [0.2, 0.25) is 0 Å². The molecule has 1 nitrogen and oxygen atoms in total. The highest BCUT2D eigenvalue weighted by molar-refractivity contribution is 8.03. The third-order valence-electron chi connectivity index (χ3n) is 1.66. The average Bonchev–Trinajstić information content (AvgIpc) is 1.98. The average molecular weight is 157 g/mol. The van der Waals surface area contributed by atoms with E-state index in [0.29, 0.717) is 0 Å². The van der Waals surface area contributed by atoms with Gasteiger partial charge in [-0.2, -0.15) is 5.26 Å². The number of nitrogens with zero attached hydrogens (tertiary/aromatic N) is 1. The van der Waals surface area contributed by atoms with Crippen molar-refractivity contribution in [2.75, 3.05) is 5.75 Å². The SMILES string of the molecule is CCCC(CC)CSC#N. The highest BCUT2D eigenvalue weighted by Gasteiger charge is 2.03. The van der Waals surface area contributed by atoms with Gasteiger partial charge in [0.2, 0.25) is 0 Å². The first-order chi connectivity index (χ1) is 4.85. The van der Waals surface area contributed by atoms with Crippen LogP contribution in [0.15, 0.2) is 0 Å². The Balaban J connectivity index is 3.32. The summed E-state index contributed by atoms with van der Waals surface area (Å²) in [4.78, 5) is 0. The van der Waals surface area contributed by atoms with Crippen LogP contribution in [0, 0.1) is 16.6 Å². The molecule has 0 aliphatic heterocycles. The number of thiocyanates is 1. The van der Waals surface area contributed by atoms with Gasteiger partial charge in [-0.15, -0.1) is 0 Å². The van der Waals surface area contributed by atoms with Crippen molar-refractivity contribution >= 4 is 11.8 Å². The van der Waals surface area contributed by atoms with E-state index in [-0.39, 0.29) is 0 Å². The third kappa shape index (κ3) is 4.69. The summed E-state index contributed by atoms with van der Waals surface area (Å²) in [6, 6.07) is 0. The van der Waals surface area contributed by atoms with E-state index in [1.165, 1.54) is 31.0 Å². The van der Waals surface area contributed by atoms with Crippen LogP contribution in [0.5, 0.6) is 0 Å². The largest absolute Gasteiger partial charge is 0.185 e. The Morgan fingerprint density at radius 1 is 1.50 bits per heavy atom. The minimum atomic E-state index is 0.759. The van der Waals surface area contributed by atoms with Crippen molar-refractivity contribution in [2.45, 2.75) is 33.1 Å². The van der Waals surface area contributed by atoms with Crippen molar-refractivity contribution in [3.63, 3.8) is 0 Å². The van der Waals surface area contributed by atoms with Crippen molar-refractivity contribution in [2.24, 2.45) is 5.92 Å². The zero-order valence-corrected chi connectivity index (χ0v) is 7.58. The van der Waals surface area contributed by atoms with E-state index in [9.17, 15) is 0 Å². The Kier molecular flexibility index (Phi) is 6.84. The molecule has 58 valence electrons. The second kappa shape index (κ2) is 6.95. The molecule has 1 unspecified atom stereocenters. The highest BCUT2D eigenvalue weighted by atomic mass is 32.2. The van der Waals surface area contributed by atoms with Gasteiger partial charge in [-0.1, -0.05) is 26.7 Å². The topological polar surface area (TPSA) is 23.8 Å². The maximum atomic E-state index is 8.29. The molecule has 0 amide bonds. The van der Waals surface area contributed by atoms with Crippen molar-refractivity contribution < 1.29 is 0 Å². The first-order valence-corrected chi connectivity index (χ1v) is 4.84. The second-order valence-electron chi connectivity index (χ2n) is 2.47. The Morgan fingerprint density at radius 3 is 2.60 bits per heavy atom. The number of hydrogen-bond donors (Lipinski definition) is 0. The molecule has 0 bridgehead atoms. The Labute approximate surface area is 67.8 Å². The maximum Gasteiger partial charge on any atom is 0.133 e. The molecule has 0 aromatic rings. The highest BCUT2D eigenvalue weighted by Crippen LogP contribution is 2.15. The normalized spacial score (nSPS) is 12.5. The number of nitriles is 1. The molecule has 0 aromatic carbocycles. The van der Waals surface area contributed by atoms with Crippen LogP contribution in [0.3, 0.4) is 0 Å². The fourth-order valence-corrected chi connectivity index (χ4v) is 1.68. The van der Waals surface area contributed by atoms with Crippen molar-refractivity contribution in [1.82, 2.24) is 0 Å². The fraction of sp³-hybridized carbons (Fsp3) is 0.875. The first-order valence-electron chi connectivity index (χ1n) is 3.86. The Morgan fingerprint density at radius 2 is 2.20 bits per heavy atom. The molecule has 0 saturated heterocycles. The lowest BCUT2D eigenvalue weighted by molar-refractivity contribution is 0.518. The summed E-state index contributed by atoms with van der Waals surface area (Å²) in [5, 5.41) is 10.4. The molecular formula is C8H15NS. The van der Waals surface area contributed by atoms with E-state index in [1.807, 2.05) is 0 Å². The van der Waals surface area contributed by atoms with Crippen LogP contribution in [-0.2, 0) is 0 Å². The molecule has 0 fully saturated rings. The van der Waals surface area contributed by atoms with Gasteiger partial charge in [0.15, 0.2) is 0 Å². The van der Waals surface area contributed by atoms with E-state index in [4.69, 9.17) is 5.26 Å². The lowest BCUT2D eigenvalue weighted by Crippen LogP contribution is -2.00. The molecule has 0 radical (unpaired) electrons. The van der Waals surface area contributed by atoms with Crippen LogP contribution in [0.4, 0.5) is 0 Å². The van der Waals surface area contributed by atoms with Crippen LogP contribution in [0.25, 0.3) is 0 Å². The van der Waals surface area contributed by atoms with Gasteiger partial charge < -0.3 is 0 Å². The predicted octanol–water partition coefficient (Wildman–Crippen LogP) is 3.03. The monoisotopic (exact) mass is 157 g/mol. The van der Waals surface area contributed by atoms with Gasteiger partial charge in [0, 0.05) is 5.75 Å². The van der Waals surface area contributed by atoms with Gasteiger partial charge in [0.25, 0.3) is 0 Å². The molecule has 10 heavy (non-hydrogen) atoms. The maximum absolute atomic E-state index is 8.29. The van der Waals surface area contributed by atoms with E-state index in [2.05, 4.69) is 19.2 Å². The summed E-state index contributed by atoms with van der Waals surface area (Å²) in [7, 11) is 0. The molecular weight excluding hydrogens is 142 g/mol. The second-order valence-corrected chi connectivity index (χ2v) is 3.27. The van der Waals surface area contributed by atoms with E-state index in [1.54, 1.807) is 0 Å². The Bertz CT molecular complexity index is 106. The van der Waals surface area contributed by atoms with Crippen LogP contribution in [-0.4, -0.2) is 5.75 Å². The zero-order chi connectivity index (χ0) is 7.82. The van der Waals surface area contributed by atoms with E-state index in [0.717, 1.165) is 11.7 Å². The van der Waals surface area contributed by atoms with Crippen molar-refractivity contribution in [3.8, 4) is 5.40 Å². The molecule has 0 aromatic heterocycles. The van der Waals surface area contributed by atoms with Crippen molar-refractivity contribution in [3.05, 3.63) is 0 Å². The van der Waals surface area contributed by atoms with Gasteiger partial charge >= 0.3 is 0 Å². The summed E-state index contributed by atoms with van der Waals surface area (Å²) >= 11 is 1.39. The Hall–Kier alpha value is -0.160. The standard InChI is InChI=1S/C8H15NS/c1-3-5-8(4-2)6-10-7-9/h8H,3-6H2,1-2H3. The summed E-state index contributed by atoms with van der Waals surface area (Å²) in [6.45, 7) is 4.39. The minimum absolute atomic E-state index is 0.759. The third-order valence-corrected chi connectivity index (χ3v) is 2.43. The minimum Gasteiger partial charge on any atom is -0.185 e. The van der Waals surface area contributed by atoms with Crippen molar-refractivity contribution in [1.29, 1.82) is 5.26 Å².